The molecule has 1 aliphatic rings. The fourth-order valence-corrected chi connectivity index (χ4v) is 3.56. The smallest absolute Gasteiger partial charge is 0.222 e. The highest BCUT2D eigenvalue weighted by molar-refractivity contribution is 14.0. The summed E-state index contributed by atoms with van der Waals surface area (Å²) in [4.78, 5) is 18.4. The number of amides is 1. The first-order chi connectivity index (χ1) is 15.2. The standard InChI is InChI=1S/C25H26N4O2.HI/c26-25(28-21-10-6-13-23(16-21)31-22-11-2-1-3-12-22)27-17-19-8-4-5-9-20(19)18-29-15-7-14-24(29)30;/h1-6,8-13,16H,7,14-15,17-18H2,(H3,26,27,28);1H. The van der Waals surface area contributed by atoms with Gasteiger partial charge in [-0.25, -0.2) is 4.99 Å². The van der Waals surface area contributed by atoms with Crippen molar-refractivity contribution in [3.8, 4) is 11.5 Å². The Labute approximate surface area is 205 Å². The number of rotatable bonds is 7. The zero-order valence-electron chi connectivity index (χ0n) is 17.7. The SMILES string of the molecule is I.NC(=NCc1ccccc1CN1CCCC1=O)Nc1cccc(Oc2ccccc2)c1. The van der Waals surface area contributed by atoms with Crippen LogP contribution < -0.4 is 15.8 Å². The molecule has 1 aliphatic heterocycles. The molecule has 1 amide bonds. The molecule has 0 bridgehead atoms. The lowest BCUT2D eigenvalue weighted by molar-refractivity contribution is -0.128. The Kier molecular flexibility index (Phi) is 8.49. The highest BCUT2D eigenvalue weighted by Crippen LogP contribution is 2.24. The number of halogens is 1. The van der Waals surface area contributed by atoms with Crippen molar-refractivity contribution in [2.45, 2.75) is 25.9 Å². The third kappa shape index (κ3) is 6.46. The molecule has 32 heavy (non-hydrogen) atoms. The highest BCUT2D eigenvalue weighted by Gasteiger charge is 2.20. The normalized spacial score (nSPS) is 13.6. The lowest BCUT2D eigenvalue weighted by atomic mass is 10.1. The number of nitrogens with one attached hydrogen (secondary N) is 1. The van der Waals surface area contributed by atoms with Gasteiger partial charge in [0.1, 0.15) is 11.5 Å². The highest BCUT2D eigenvalue weighted by atomic mass is 127. The molecule has 3 aromatic carbocycles. The van der Waals surface area contributed by atoms with Crippen molar-refractivity contribution in [3.05, 3.63) is 90.0 Å². The predicted molar refractivity (Wildman–Crippen MR) is 138 cm³/mol. The van der Waals surface area contributed by atoms with Crippen LogP contribution >= 0.6 is 24.0 Å². The summed E-state index contributed by atoms with van der Waals surface area (Å²) < 4.78 is 5.86. The molecule has 0 saturated carbocycles. The molecule has 1 heterocycles. The number of para-hydroxylation sites is 1. The van der Waals surface area contributed by atoms with Crippen LogP contribution in [0.25, 0.3) is 0 Å². The van der Waals surface area contributed by atoms with Gasteiger partial charge < -0.3 is 20.7 Å². The third-order valence-corrected chi connectivity index (χ3v) is 5.16. The Morgan fingerprint density at radius 2 is 1.69 bits per heavy atom. The van der Waals surface area contributed by atoms with Gasteiger partial charge >= 0.3 is 0 Å². The summed E-state index contributed by atoms with van der Waals surface area (Å²) in [5.74, 6) is 2.03. The Balaban J connectivity index is 0.00000289. The van der Waals surface area contributed by atoms with E-state index >= 15 is 0 Å². The number of hydrogen-bond donors (Lipinski definition) is 2. The van der Waals surface area contributed by atoms with Gasteiger partial charge in [-0.05, 0) is 41.8 Å². The van der Waals surface area contributed by atoms with Crippen molar-refractivity contribution >= 4 is 41.5 Å². The Morgan fingerprint density at radius 3 is 2.44 bits per heavy atom. The summed E-state index contributed by atoms with van der Waals surface area (Å²) in [6.45, 7) is 1.88. The number of hydrogen-bond acceptors (Lipinski definition) is 3. The van der Waals surface area contributed by atoms with Crippen LogP contribution in [0.1, 0.15) is 24.0 Å². The van der Waals surface area contributed by atoms with Gasteiger partial charge in [0.2, 0.25) is 5.91 Å². The number of benzene rings is 3. The quantitative estimate of drug-likeness (QED) is 0.246. The van der Waals surface area contributed by atoms with Crippen LogP contribution in [-0.4, -0.2) is 23.3 Å². The molecule has 6 nitrogen and oxygen atoms in total. The maximum Gasteiger partial charge on any atom is 0.222 e. The van der Waals surface area contributed by atoms with Crippen LogP contribution in [-0.2, 0) is 17.9 Å². The van der Waals surface area contributed by atoms with Crippen molar-refractivity contribution in [1.82, 2.24) is 4.90 Å². The molecular weight excluding hydrogens is 515 g/mol. The minimum absolute atomic E-state index is 0. The number of nitrogens with zero attached hydrogens (tertiary/aromatic N) is 2. The van der Waals surface area contributed by atoms with Gasteiger partial charge in [-0.2, -0.15) is 0 Å². The lowest BCUT2D eigenvalue weighted by Gasteiger charge is -2.17. The van der Waals surface area contributed by atoms with Crippen molar-refractivity contribution < 1.29 is 9.53 Å². The zero-order valence-corrected chi connectivity index (χ0v) is 20.1. The van der Waals surface area contributed by atoms with E-state index in [1.54, 1.807) is 0 Å². The average Bonchev–Trinajstić information content (AvgIpc) is 3.18. The second-order valence-corrected chi connectivity index (χ2v) is 7.46. The van der Waals surface area contributed by atoms with E-state index in [0.717, 1.165) is 35.5 Å². The van der Waals surface area contributed by atoms with Crippen LogP contribution in [0.2, 0.25) is 0 Å². The number of ether oxygens (including phenoxy) is 1. The molecule has 1 saturated heterocycles. The van der Waals surface area contributed by atoms with Gasteiger partial charge in [0.15, 0.2) is 5.96 Å². The van der Waals surface area contributed by atoms with E-state index in [2.05, 4.69) is 10.3 Å². The van der Waals surface area contributed by atoms with Gasteiger partial charge in [0.25, 0.3) is 0 Å². The van der Waals surface area contributed by atoms with E-state index in [1.807, 2.05) is 83.8 Å². The molecular formula is C25H27IN4O2. The maximum atomic E-state index is 12.0. The lowest BCUT2D eigenvalue weighted by Crippen LogP contribution is -2.25. The summed E-state index contributed by atoms with van der Waals surface area (Å²) in [6.07, 6.45) is 1.58. The first-order valence-electron chi connectivity index (χ1n) is 10.4. The van der Waals surface area contributed by atoms with Crippen molar-refractivity contribution in [2.75, 3.05) is 11.9 Å². The monoisotopic (exact) mass is 542 g/mol. The molecule has 4 rings (SSSR count). The van der Waals surface area contributed by atoms with Crippen molar-refractivity contribution in [3.63, 3.8) is 0 Å². The second-order valence-electron chi connectivity index (χ2n) is 7.46. The Morgan fingerprint density at radius 1 is 0.969 bits per heavy atom. The van der Waals surface area contributed by atoms with E-state index in [0.29, 0.717) is 31.2 Å². The van der Waals surface area contributed by atoms with Gasteiger partial charge in [0.05, 0.1) is 6.54 Å². The number of guanidine groups is 1. The van der Waals surface area contributed by atoms with Crippen LogP contribution in [0.3, 0.4) is 0 Å². The maximum absolute atomic E-state index is 12.0. The number of carbonyl (C=O) groups is 1. The zero-order chi connectivity index (χ0) is 21.5. The van der Waals surface area contributed by atoms with Gasteiger partial charge in [-0.1, -0.05) is 48.5 Å². The van der Waals surface area contributed by atoms with Gasteiger partial charge in [-0.3, -0.25) is 4.79 Å². The summed E-state index contributed by atoms with van der Waals surface area (Å²) >= 11 is 0. The molecule has 3 aromatic rings. The van der Waals surface area contributed by atoms with E-state index in [1.165, 1.54) is 0 Å². The van der Waals surface area contributed by atoms with Gasteiger partial charge in [-0.15, -0.1) is 24.0 Å². The van der Waals surface area contributed by atoms with Crippen LogP contribution in [0, 0.1) is 0 Å². The minimum atomic E-state index is 0. The molecule has 0 aromatic heterocycles. The number of aliphatic imine (C=N–C) groups is 1. The number of carbonyl (C=O) groups excluding carboxylic acids is 1. The third-order valence-electron chi connectivity index (χ3n) is 5.16. The fourth-order valence-electron chi connectivity index (χ4n) is 3.56. The average molecular weight is 542 g/mol. The summed E-state index contributed by atoms with van der Waals surface area (Å²) in [6, 6.07) is 25.2. The number of anilines is 1. The topological polar surface area (TPSA) is 80.0 Å². The van der Waals surface area contributed by atoms with E-state index in [-0.39, 0.29) is 29.9 Å². The van der Waals surface area contributed by atoms with Crippen LogP contribution in [0.5, 0.6) is 11.5 Å². The largest absolute Gasteiger partial charge is 0.457 e. The molecule has 3 N–H and O–H groups in total. The number of nitrogens with two attached hydrogens (primary N) is 1. The molecule has 1 fully saturated rings. The Bertz CT molecular complexity index is 1070. The second kappa shape index (κ2) is 11.5. The van der Waals surface area contributed by atoms with Crippen LogP contribution in [0.15, 0.2) is 83.9 Å². The van der Waals surface area contributed by atoms with Crippen molar-refractivity contribution in [2.24, 2.45) is 10.7 Å². The number of likely N-dealkylation sites (tertiary alicyclic amines) is 1. The molecule has 0 aliphatic carbocycles. The van der Waals surface area contributed by atoms with E-state index in [9.17, 15) is 4.79 Å². The van der Waals surface area contributed by atoms with Crippen LogP contribution in [0.4, 0.5) is 5.69 Å². The van der Waals surface area contributed by atoms with E-state index < -0.39 is 0 Å². The first-order valence-corrected chi connectivity index (χ1v) is 10.4. The van der Waals surface area contributed by atoms with Gasteiger partial charge in [0, 0.05) is 31.3 Å². The minimum Gasteiger partial charge on any atom is -0.457 e. The van der Waals surface area contributed by atoms with E-state index in [4.69, 9.17) is 10.5 Å². The first kappa shape index (κ1) is 23.6. The summed E-state index contributed by atoms with van der Waals surface area (Å²) in [7, 11) is 0. The molecule has 7 heteroatoms. The molecule has 0 unspecified atom stereocenters. The molecule has 166 valence electrons. The molecule has 0 atom stereocenters. The summed E-state index contributed by atoms with van der Waals surface area (Å²) in [5, 5.41) is 3.12. The van der Waals surface area contributed by atoms with Crippen molar-refractivity contribution in [1.29, 1.82) is 0 Å². The summed E-state index contributed by atoms with van der Waals surface area (Å²) in [5.41, 5.74) is 9.09. The predicted octanol–water partition coefficient (Wildman–Crippen LogP) is 5.15. The molecule has 0 radical (unpaired) electrons. The Hall–Kier alpha value is -3.07. The molecule has 0 spiro atoms. The fraction of sp³-hybridized carbons (Fsp3) is 0.200.